The molecule has 0 saturated carbocycles. The minimum atomic E-state index is -1.62. The van der Waals surface area contributed by atoms with Crippen LogP contribution in [0.1, 0.15) is 50.5 Å². The van der Waals surface area contributed by atoms with Crippen LogP contribution in [0.15, 0.2) is 36.4 Å². The normalized spacial score (nSPS) is 18.4. The molecule has 3 atom stereocenters. The lowest BCUT2D eigenvalue weighted by Crippen LogP contribution is -2.56. The van der Waals surface area contributed by atoms with Gasteiger partial charge in [0.2, 0.25) is 11.8 Å². The van der Waals surface area contributed by atoms with Gasteiger partial charge < -0.3 is 44.4 Å². The monoisotopic (exact) mass is 686 g/mol. The number of carbonyl (C=O) groups excluding carboxylic acids is 5. The molecule has 0 aliphatic carbocycles. The van der Waals surface area contributed by atoms with Crippen LogP contribution < -0.4 is 10.1 Å². The molecule has 2 aliphatic rings. The van der Waals surface area contributed by atoms with E-state index >= 15 is 0 Å². The number of carboxylic acid groups (broad SMARTS) is 1. The molecule has 3 heterocycles. The van der Waals surface area contributed by atoms with E-state index in [1.165, 1.54) is 46.4 Å². The summed E-state index contributed by atoms with van der Waals surface area (Å²) in [4.78, 5) is 80.8. The number of ether oxygens (including phenoxy) is 3. The van der Waals surface area contributed by atoms with Gasteiger partial charge in [-0.1, -0.05) is 18.2 Å². The number of rotatable bonds is 12. The van der Waals surface area contributed by atoms with Gasteiger partial charge in [0.15, 0.2) is 11.3 Å². The number of hydrogen-bond donors (Lipinski definition) is 3. The summed E-state index contributed by atoms with van der Waals surface area (Å²) in [5.41, 5.74) is -1.34. The number of carboxylic acids is 1. The van der Waals surface area contributed by atoms with Gasteiger partial charge in [-0.3, -0.25) is 19.2 Å². The van der Waals surface area contributed by atoms with Gasteiger partial charge in [-0.25, -0.2) is 14.3 Å². The molecule has 3 N–H and O–H groups in total. The van der Waals surface area contributed by atoms with E-state index in [-0.39, 0.29) is 63.7 Å². The number of carbonyl (C=O) groups is 6. The van der Waals surface area contributed by atoms with Gasteiger partial charge in [0.25, 0.3) is 11.8 Å². The topological polar surface area (TPSA) is 210 Å². The minimum absolute atomic E-state index is 0.00358. The average Bonchev–Trinajstić information content (AvgIpc) is 3.69. The number of aliphatic hydroxyl groups excluding tert-OH is 1. The lowest BCUT2D eigenvalue weighted by atomic mass is 10.1. The Balaban J connectivity index is 1.57. The Hall–Kier alpha value is -5.19. The third kappa shape index (κ3) is 8.84. The molecular weight excluding hydrogens is 644 g/mol. The lowest BCUT2D eigenvalue weighted by molar-refractivity contribution is -0.156. The summed E-state index contributed by atoms with van der Waals surface area (Å²) in [5, 5.41) is 26.5. The van der Waals surface area contributed by atoms with Crippen LogP contribution in [-0.4, -0.2) is 141 Å². The summed E-state index contributed by atoms with van der Waals surface area (Å²) in [6, 6.07) is 7.65. The molecule has 17 nitrogen and oxygen atoms in total. The zero-order chi connectivity index (χ0) is 35.9. The van der Waals surface area contributed by atoms with Crippen LogP contribution >= 0.6 is 0 Å². The molecule has 0 bridgehead atoms. The van der Waals surface area contributed by atoms with E-state index in [0.29, 0.717) is 5.69 Å². The highest BCUT2D eigenvalue weighted by molar-refractivity contribution is 5.97. The third-order valence-electron chi connectivity index (χ3n) is 8.17. The molecule has 49 heavy (non-hydrogen) atoms. The maximum atomic E-state index is 13.7. The van der Waals surface area contributed by atoms with Crippen molar-refractivity contribution in [1.29, 1.82) is 0 Å². The Labute approximate surface area is 282 Å². The van der Waals surface area contributed by atoms with E-state index in [4.69, 9.17) is 14.2 Å². The maximum absolute atomic E-state index is 13.7. The summed E-state index contributed by atoms with van der Waals surface area (Å²) < 4.78 is 17.3. The number of aliphatic carboxylic acids is 1. The summed E-state index contributed by atoms with van der Waals surface area (Å²) in [6.07, 6.45) is -2.04. The molecule has 2 aromatic rings. The van der Waals surface area contributed by atoms with E-state index in [9.17, 15) is 39.0 Å². The molecule has 2 fully saturated rings. The minimum Gasteiger partial charge on any atom is -0.481 e. The number of para-hydroxylation sites is 1. The van der Waals surface area contributed by atoms with Crippen LogP contribution in [0.3, 0.4) is 0 Å². The highest BCUT2D eigenvalue weighted by atomic mass is 16.6. The van der Waals surface area contributed by atoms with Crippen LogP contribution in [0.5, 0.6) is 5.88 Å². The fourth-order valence-electron chi connectivity index (χ4n) is 5.65. The second-order valence-corrected chi connectivity index (χ2v) is 12.1. The molecule has 4 amide bonds. The van der Waals surface area contributed by atoms with Gasteiger partial charge in [-0.05, 0) is 39.3 Å². The second kappa shape index (κ2) is 15.8. The van der Waals surface area contributed by atoms with Crippen molar-refractivity contribution in [3.63, 3.8) is 0 Å². The molecule has 0 radical (unpaired) electrons. The van der Waals surface area contributed by atoms with Crippen molar-refractivity contribution in [2.75, 3.05) is 46.4 Å². The zero-order valence-corrected chi connectivity index (χ0v) is 27.9. The van der Waals surface area contributed by atoms with Crippen LogP contribution in [-0.2, 0) is 28.7 Å². The van der Waals surface area contributed by atoms with Crippen molar-refractivity contribution >= 4 is 35.8 Å². The molecule has 0 unspecified atom stereocenters. The third-order valence-corrected chi connectivity index (χ3v) is 8.17. The first-order valence-corrected chi connectivity index (χ1v) is 15.9. The Bertz CT molecular complexity index is 1540. The largest absolute Gasteiger partial charge is 0.481 e. The Kier molecular flexibility index (Phi) is 11.8. The number of aromatic nitrogens is 2. The number of benzene rings is 1. The number of likely N-dealkylation sites (tertiary alicyclic amines) is 1. The Morgan fingerprint density at radius 1 is 1.04 bits per heavy atom. The van der Waals surface area contributed by atoms with E-state index < -0.39 is 66.0 Å². The lowest BCUT2D eigenvalue weighted by Gasteiger charge is -2.35. The standard InChI is InChI=1S/C32H42N6O11/c1-5-48-31(46)36-15-13-35(14-16-36)28(43)22(11-12-26(40)41)33-27(42)23-18-25(38(34-23)20-9-7-6-8-10-20)49-32(2,3)30(45)37-19-21(39)17-24(37)29(44)47-4/h6-10,18,21-22,24,39H,5,11-17,19H2,1-4H3,(H,33,42)(H,40,41)/t21-,22+,24+/m1/s1. The number of β-amino-alcohol motifs (C(OH)–C–C–N with tert-alkyl or cyclic N) is 1. The summed E-state index contributed by atoms with van der Waals surface area (Å²) in [5.74, 6) is -3.79. The number of piperazine rings is 1. The molecule has 2 saturated heterocycles. The van der Waals surface area contributed by atoms with Crippen LogP contribution in [0.4, 0.5) is 4.79 Å². The quantitative estimate of drug-likeness (QED) is 0.260. The van der Waals surface area contributed by atoms with Gasteiger partial charge >= 0.3 is 18.0 Å². The number of hydrogen-bond acceptors (Lipinski definition) is 11. The summed E-state index contributed by atoms with van der Waals surface area (Å²) in [7, 11) is 1.19. The predicted molar refractivity (Wildman–Crippen MR) is 170 cm³/mol. The van der Waals surface area contributed by atoms with Gasteiger partial charge in [-0.2, -0.15) is 5.10 Å². The molecule has 17 heteroatoms. The van der Waals surface area contributed by atoms with Crippen molar-refractivity contribution in [2.24, 2.45) is 0 Å². The van der Waals surface area contributed by atoms with Gasteiger partial charge in [0.1, 0.15) is 12.1 Å². The van der Waals surface area contributed by atoms with Gasteiger partial charge in [-0.15, -0.1) is 0 Å². The van der Waals surface area contributed by atoms with Crippen LogP contribution in [0.2, 0.25) is 0 Å². The Morgan fingerprint density at radius 2 is 1.69 bits per heavy atom. The molecule has 1 aromatic heterocycles. The second-order valence-electron chi connectivity index (χ2n) is 12.1. The van der Waals surface area contributed by atoms with E-state index in [1.807, 2.05) is 0 Å². The molecule has 1 aromatic carbocycles. The van der Waals surface area contributed by atoms with E-state index in [0.717, 1.165) is 0 Å². The number of esters is 1. The zero-order valence-electron chi connectivity index (χ0n) is 27.9. The first-order valence-electron chi connectivity index (χ1n) is 15.9. The smallest absolute Gasteiger partial charge is 0.409 e. The van der Waals surface area contributed by atoms with Crippen molar-refractivity contribution < 1.29 is 53.2 Å². The average molecular weight is 687 g/mol. The Morgan fingerprint density at radius 3 is 2.31 bits per heavy atom. The van der Waals surface area contributed by atoms with Crippen LogP contribution in [0.25, 0.3) is 5.69 Å². The highest BCUT2D eigenvalue weighted by Crippen LogP contribution is 2.28. The number of aliphatic hydroxyl groups is 1. The van der Waals surface area contributed by atoms with Crippen molar-refractivity contribution in [3.8, 4) is 11.6 Å². The molecule has 0 spiro atoms. The number of nitrogens with one attached hydrogen (secondary N) is 1. The summed E-state index contributed by atoms with van der Waals surface area (Å²) in [6.45, 7) is 5.46. The fraction of sp³-hybridized carbons (Fsp3) is 0.531. The van der Waals surface area contributed by atoms with E-state index in [2.05, 4.69) is 10.4 Å². The van der Waals surface area contributed by atoms with Crippen molar-refractivity contribution in [3.05, 3.63) is 42.1 Å². The van der Waals surface area contributed by atoms with Gasteiger partial charge in [0.05, 0.1) is 25.5 Å². The van der Waals surface area contributed by atoms with Crippen molar-refractivity contribution in [1.82, 2.24) is 29.8 Å². The number of nitrogens with zero attached hydrogens (tertiary/aromatic N) is 5. The molecule has 266 valence electrons. The maximum Gasteiger partial charge on any atom is 0.409 e. The summed E-state index contributed by atoms with van der Waals surface area (Å²) >= 11 is 0. The predicted octanol–water partition coefficient (Wildman–Crippen LogP) is 0.428. The number of methoxy groups -OCH3 is 1. The molecular formula is C32H42N6O11. The highest BCUT2D eigenvalue weighted by Gasteiger charge is 2.46. The van der Waals surface area contributed by atoms with E-state index in [1.54, 1.807) is 37.3 Å². The number of amides is 4. The van der Waals surface area contributed by atoms with Crippen molar-refractivity contribution in [2.45, 2.75) is 63.8 Å². The fourth-order valence-corrected chi connectivity index (χ4v) is 5.65. The molecule has 4 rings (SSSR count). The van der Waals surface area contributed by atoms with Crippen LogP contribution in [0, 0.1) is 0 Å². The first-order chi connectivity index (χ1) is 23.2. The molecule has 2 aliphatic heterocycles. The van der Waals surface area contributed by atoms with Gasteiger partial charge in [0, 0.05) is 51.6 Å². The SMILES string of the molecule is CCOC(=O)N1CCN(C(=O)[C@H](CCC(=O)O)NC(=O)c2cc(OC(C)(C)C(=O)N3C[C@H](O)C[C@H]3C(=O)OC)n(-c3ccccc3)n2)CC1. The first kappa shape index (κ1) is 36.6.